The number of H-pyrrole nitrogens is 1. The van der Waals surface area contributed by atoms with Crippen molar-refractivity contribution in [3.05, 3.63) is 22.6 Å². The maximum atomic E-state index is 11.8. The number of nitrogens with one attached hydrogen (secondary N) is 1. The molecule has 3 rings (SSSR count). The van der Waals surface area contributed by atoms with E-state index in [9.17, 15) is 9.90 Å². The van der Waals surface area contributed by atoms with E-state index in [1.807, 2.05) is 6.07 Å². The van der Waals surface area contributed by atoms with Crippen molar-refractivity contribution >= 4 is 33.2 Å². The zero-order valence-corrected chi connectivity index (χ0v) is 14.4. The van der Waals surface area contributed by atoms with Gasteiger partial charge in [-0.3, -0.25) is 4.90 Å². The van der Waals surface area contributed by atoms with Crippen LogP contribution in [-0.4, -0.2) is 37.6 Å². The molecule has 7 heteroatoms. The predicted octanol–water partition coefficient (Wildman–Crippen LogP) is 3.74. The molecule has 2 N–H and O–H groups in total. The highest BCUT2D eigenvalue weighted by molar-refractivity contribution is 9.10. The van der Waals surface area contributed by atoms with Crippen LogP contribution in [0, 0.1) is 5.41 Å². The van der Waals surface area contributed by atoms with Gasteiger partial charge in [0.2, 0.25) is 0 Å². The van der Waals surface area contributed by atoms with Crippen LogP contribution in [0.1, 0.15) is 39.4 Å². The average molecular weight is 367 g/mol. The lowest BCUT2D eigenvalue weighted by Gasteiger charge is -2.45. The number of fused-ring (bicyclic) bond motifs is 1. The lowest BCUT2D eigenvalue weighted by atomic mass is 9.71. The first-order valence-corrected chi connectivity index (χ1v) is 8.07. The number of pyridine rings is 1. The number of carboxylic acid groups (broad SMARTS) is 1. The van der Waals surface area contributed by atoms with Crippen molar-refractivity contribution in [2.75, 3.05) is 6.54 Å². The smallest absolute Gasteiger partial charge is 0.408 e. The maximum absolute atomic E-state index is 11.8. The Labute approximate surface area is 137 Å². The fourth-order valence-electron chi connectivity index (χ4n) is 3.53. The first kappa shape index (κ1) is 15.3. The molecule has 1 saturated heterocycles. The average Bonchev–Trinajstić information content (AvgIpc) is 3.00. The summed E-state index contributed by atoms with van der Waals surface area (Å²) in [5.74, 6) is 0.681. The van der Waals surface area contributed by atoms with Crippen LogP contribution in [0.5, 0.6) is 0 Å². The number of rotatable bonds is 1. The summed E-state index contributed by atoms with van der Waals surface area (Å²) >= 11 is 3.40. The summed E-state index contributed by atoms with van der Waals surface area (Å²) < 4.78 is 0.863. The number of aromatic nitrogens is 3. The Hall–Kier alpha value is -1.63. The summed E-state index contributed by atoms with van der Waals surface area (Å²) in [7, 11) is 0. The largest absolute Gasteiger partial charge is 0.465 e. The molecule has 118 valence electrons. The number of hydrogen-bond acceptors (Lipinski definition) is 3. The summed E-state index contributed by atoms with van der Waals surface area (Å²) in [6.07, 6.45) is 2.38. The topological polar surface area (TPSA) is 82.1 Å². The van der Waals surface area contributed by atoms with Crippen LogP contribution >= 0.6 is 15.9 Å². The number of amides is 1. The van der Waals surface area contributed by atoms with Crippen LogP contribution in [0.3, 0.4) is 0 Å². The van der Waals surface area contributed by atoms with E-state index in [0.717, 1.165) is 22.8 Å². The number of halogens is 1. The first-order chi connectivity index (χ1) is 10.3. The number of imidazole rings is 1. The van der Waals surface area contributed by atoms with Crippen molar-refractivity contribution in [3.8, 4) is 0 Å². The van der Waals surface area contributed by atoms with Gasteiger partial charge >= 0.3 is 6.09 Å². The number of likely N-dealkylation sites (tertiary alicyclic amines) is 1. The van der Waals surface area contributed by atoms with Crippen LogP contribution in [0.4, 0.5) is 4.79 Å². The molecular formula is C15H19BrN4O2. The molecule has 1 aliphatic rings. The minimum atomic E-state index is -0.901. The zero-order chi connectivity index (χ0) is 16.1. The number of hydrogen-bond donors (Lipinski definition) is 2. The second-order valence-electron chi connectivity index (χ2n) is 6.76. The van der Waals surface area contributed by atoms with Gasteiger partial charge in [-0.05, 0) is 40.3 Å². The standard InChI is InChI=1S/C15H19BrN4O2/c1-14(2,3)15(5-4-6-20(15)13(21)22)12-18-10-7-9(16)8-17-11(10)19-12/h7-8H,4-6H2,1-3H3,(H,21,22)(H,17,18,19). The highest BCUT2D eigenvalue weighted by Gasteiger charge is 2.55. The Morgan fingerprint density at radius 3 is 2.86 bits per heavy atom. The molecule has 1 fully saturated rings. The second-order valence-corrected chi connectivity index (χ2v) is 7.67. The van der Waals surface area contributed by atoms with Crippen molar-refractivity contribution < 1.29 is 9.90 Å². The van der Waals surface area contributed by atoms with Gasteiger partial charge < -0.3 is 10.1 Å². The molecule has 2 aromatic heterocycles. The third-order valence-electron chi connectivity index (χ3n) is 4.55. The molecule has 2 aromatic rings. The highest BCUT2D eigenvalue weighted by Crippen LogP contribution is 2.50. The van der Waals surface area contributed by atoms with Gasteiger partial charge in [-0.25, -0.2) is 14.8 Å². The van der Waals surface area contributed by atoms with E-state index in [1.165, 1.54) is 4.90 Å². The first-order valence-electron chi connectivity index (χ1n) is 7.28. The normalized spacial score (nSPS) is 22.5. The van der Waals surface area contributed by atoms with Gasteiger partial charge in [-0.15, -0.1) is 0 Å². The molecule has 0 spiro atoms. The van der Waals surface area contributed by atoms with Crippen LogP contribution in [0.25, 0.3) is 11.2 Å². The number of nitrogens with zero attached hydrogens (tertiary/aromatic N) is 3. The van der Waals surface area contributed by atoms with Crippen molar-refractivity contribution in [1.29, 1.82) is 0 Å². The SMILES string of the molecule is CC(C)(C)C1(c2nc3ncc(Br)cc3[nH]2)CCCN1C(=O)O. The lowest BCUT2D eigenvalue weighted by Crippen LogP contribution is -2.53. The van der Waals surface area contributed by atoms with Gasteiger partial charge in [0, 0.05) is 17.2 Å². The monoisotopic (exact) mass is 366 g/mol. The lowest BCUT2D eigenvalue weighted by molar-refractivity contribution is 0.0218. The zero-order valence-electron chi connectivity index (χ0n) is 12.9. The van der Waals surface area contributed by atoms with Crippen molar-refractivity contribution in [2.24, 2.45) is 5.41 Å². The highest BCUT2D eigenvalue weighted by atomic mass is 79.9. The molecular weight excluding hydrogens is 348 g/mol. The third kappa shape index (κ3) is 2.10. The van der Waals surface area contributed by atoms with E-state index in [-0.39, 0.29) is 5.41 Å². The molecule has 0 aliphatic carbocycles. The van der Waals surface area contributed by atoms with Crippen molar-refractivity contribution in [2.45, 2.75) is 39.2 Å². The molecule has 22 heavy (non-hydrogen) atoms. The van der Waals surface area contributed by atoms with Gasteiger partial charge in [-0.2, -0.15) is 0 Å². The fourth-order valence-corrected chi connectivity index (χ4v) is 3.86. The van der Waals surface area contributed by atoms with Gasteiger partial charge in [0.05, 0.1) is 5.52 Å². The Morgan fingerprint density at radius 1 is 1.50 bits per heavy atom. The van der Waals surface area contributed by atoms with Crippen molar-refractivity contribution in [3.63, 3.8) is 0 Å². The summed E-state index contributed by atoms with van der Waals surface area (Å²) in [6, 6.07) is 1.91. The second kappa shape index (κ2) is 4.94. The Kier molecular flexibility index (Phi) is 3.43. The maximum Gasteiger partial charge on any atom is 0.408 e. The Balaban J connectivity index is 2.23. The molecule has 0 aromatic carbocycles. The molecule has 1 unspecified atom stereocenters. The summed E-state index contributed by atoms with van der Waals surface area (Å²) in [5, 5.41) is 9.65. The molecule has 0 radical (unpaired) electrons. The van der Waals surface area contributed by atoms with Crippen LogP contribution < -0.4 is 0 Å². The quantitative estimate of drug-likeness (QED) is 0.805. The predicted molar refractivity (Wildman–Crippen MR) is 86.7 cm³/mol. The van der Waals surface area contributed by atoms with E-state index in [4.69, 9.17) is 0 Å². The van der Waals surface area contributed by atoms with E-state index >= 15 is 0 Å². The van der Waals surface area contributed by atoms with Gasteiger partial charge in [0.25, 0.3) is 0 Å². The molecule has 0 bridgehead atoms. The van der Waals surface area contributed by atoms with Gasteiger partial charge in [-0.1, -0.05) is 20.8 Å². The van der Waals surface area contributed by atoms with E-state index < -0.39 is 11.6 Å². The molecule has 3 heterocycles. The van der Waals surface area contributed by atoms with E-state index in [2.05, 4.69) is 51.7 Å². The van der Waals surface area contributed by atoms with Crippen molar-refractivity contribution in [1.82, 2.24) is 19.9 Å². The summed E-state index contributed by atoms with van der Waals surface area (Å²) in [4.78, 5) is 25.5. The Bertz CT molecular complexity index is 737. The summed E-state index contributed by atoms with van der Waals surface area (Å²) in [6.45, 7) is 6.71. The summed E-state index contributed by atoms with van der Waals surface area (Å²) in [5.41, 5.74) is 0.475. The van der Waals surface area contributed by atoms with E-state index in [0.29, 0.717) is 18.0 Å². The molecule has 1 amide bonds. The molecule has 1 atom stereocenters. The van der Waals surface area contributed by atoms with Crippen LogP contribution in [-0.2, 0) is 5.54 Å². The molecule has 0 saturated carbocycles. The minimum Gasteiger partial charge on any atom is -0.465 e. The molecule has 1 aliphatic heterocycles. The number of carbonyl (C=O) groups is 1. The molecule has 6 nitrogen and oxygen atoms in total. The third-order valence-corrected chi connectivity index (χ3v) is 4.98. The Morgan fingerprint density at radius 2 is 2.23 bits per heavy atom. The van der Waals surface area contributed by atoms with Gasteiger partial charge in [0.1, 0.15) is 11.4 Å². The fraction of sp³-hybridized carbons (Fsp3) is 0.533. The van der Waals surface area contributed by atoms with Crippen LogP contribution in [0.2, 0.25) is 0 Å². The van der Waals surface area contributed by atoms with Crippen LogP contribution in [0.15, 0.2) is 16.7 Å². The van der Waals surface area contributed by atoms with E-state index in [1.54, 1.807) is 6.20 Å². The van der Waals surface area contributed by atoms with Gasteiger partial charge in [0.15, 0.2) is 5.65 Å². The minimum absolute atomic E-state index is 0.285. The number of aromatic amines is 1.